The number of benzene rings is 2. The van der Waals surface area contributed by atoms with Gasteiger partial charge >= 0.3 is 0 Å². The largest absolute Gasteiger partial charge is 0.496 e. The number of methoxy groups -OCH3 is 1. The maximum atomic E-state index is 5.49. The third-order valence-electron chi connectivity index (χ3n) is 4.32. The zero-order valence-corrected chi connectivity index (χ0v) is 15.2. The number of rotatable bonds is 5. The van der Waals surface area contributed by atoms with E-state index in [1.54, 1.807) is 25.8 Å². The zero-order valence-electron chi connectivity index (χ0n) is 15.2. The summed E-state index contributed by atoms with van der Waals surface area (Å²) in [6.45, 7) is 2.46. The van der Waals surface area contributed by atoms with Gasteiger partial charge in [-0.3, -0.25) is 9.97 Å². The molecule has 0 atom stereocenters. The standard InChI is InChI=1S/C21H19N5O/c1-14-10-23-16(11-22-14)12-24-21-18-9-15(7-8-19(18)25-13-26-21)17-5-3-4-6-20(17)27-2/h3-11,13H,12H2,1-2H3,(H,24,25,26). The van der Waals surface area contributed by atoms with Crippen LogP contribution in [0.1, 0.15) is 11.4 Å². The van der Waals surface area contributed by atoms with Gasteiger partial charge in [0.1, 0.15) is 17.9 Å². The Morgan fingerprint density at radius 2 is 1.85 bits per heavy atom. The van der Waals surface area contributed by atoms with E-state index >= 15 is 0 Å². The minimum absolute atomic E-state index is 0.540. The second-order valence-electron chi connectivity index (χ2n) is 6.16. The highest BCUT2D eigenvalue weighted by Gasteiger charge is 2.09. The van der Waals surface area contributed by atoms with E-state index in [1.165, 1.54) is 0 Å². The molecule has 0 aliphatic rings. The highest BCUT2D eigenvalue weighted by atomic mass is 16.5. The number of nitrogens with one attached hydrogen (secondary N) is 1. The van der Waals surface area contributed by atoms with Crippen molar-refractivity contribution >= 4 is 16.7 Å². The van der Waals surface area contributed by atoms with Crippen LogP contribution in [0.2, 0.25) is 0 Å². The van der Waals surface area contributed by atoms with E-state index in [-0.39, 0.29) is 0 Å². The van der Waals surface area contributed by atoms with Crippen molar-refractivity contribution < 1.29 is 4.74 Å². The number of para-hydroxylation sites is 1. The second kappa shape index (κ2) is 7.37. The van der Waals surface area contributed by atoms with Gasteiger partial charge in [0.25, 0.3) is 0 Å². The predicted molar refractivity (Wildman–Crippen MR) is 106 cm³/mol. The van der Waals surface area contributed by atoms with Crippen molar-refractivity contribution in [2.24, 2.45) is 0 Å². The molecule has 0 radical (unpaired) electrons. The Morgan fingerprint density at radius 3 is 2.67 bits per heavy atom. The van der Waals surface area contributed by atoms with Crippen LogP contribution in [0.5, 0.6) is 5.75 Å². The molecule has 6 heteroatoms. The maximum absolute atomic E-state index is 5.49. The highest BCUT2D eigenvalue weighted by molar-refractivity contribution is 5.93. The first-order chi connectivity index (χ1) is 13.2. The summed E-state index contributed by atoms with van der Waals surface area (Å²) in [5.74, 6) is 1.59. The summed E-state index contributed by atoms with van der Waals surface area (Å²) in [5, 5.41) is 4.29. The monoisotopic (exact) mass is 357 g/mol. The van der Waals surface area contributed by atoms with Gasteiger partial charge in [0.15, 0.2) is 0 Å². The maximum Gasteiger partial charge on any atom is 0.137 e. The van der Waals surface area contributed by atoms with Crippen LogP contribution in [-0.4, -0.2) is 27.0 Å². The Balaban J connectivity index is 1.70. The highest BCUT2D eigenvalue weighted by Crippen LogP contribution is 2.32. The predicted octanol–water partition coefficient (Wildman–Crippen LogP) is 4.02. The fraction of sp³-hybridized carbons (Fsp3) is 0.143. The first-order valence-corrected chi connectivity index (χ1v) is 8.64. The molecular formula is C21H19N5O. The Kier molecular flexibility index (Phi) is 4.61. The van der Waals surface area contributed by atoms with Crippen LogP contribution >= 0.6 is 0 Å². The van der Waals surface area contributed by atoms with Gasteiger partial charge in [0.05, 0.1) is 36.8 Å². The number of aryl methyl sites for hydroxylation is 1. The summed E-state index contributed by atoms with van der Waals surface area (Å²) in [5.41, 5.74) is 4.70. The molecule has 134 valence electrons. The number of fused-ring (bicyclic) bond motifs is 1. The molecule has 2 heterocycles. The summed E-state index contributed by atoms with van der Waals surface area (Å²) >= 11 is 0. The van der Waals surface area contributed by atoms with Crippen molar-refractivity contribution in [3.8, 4) is 16.9 Å². The van der Waals surface area contributed by atoms with Gasteiger partial charge in [-0.25, -0.2) is 9.97 Å². The van der Waals surface area contributed by atoms with E-state index in [4.69, 9.17) is 4.74 Å². The van der Waals surface area contributed by atoms with Crippen molar-refractivity contribution in [1.82, 2.24) is 19.9 Å². The molecule has 0 fully saturated rings. The molecule has 6 nitrogen and oxygen atoms in total. The van der Waals surface area contributed by atoms with Crippen LogP contribution in [-0.2, 0) is 6.54 Å². The lowest BCUT2D eigenvalue weighted by Gasteiger charge is -2.11. The number of ether oxygens (including phenoxy) is 1. The van der Waals surface area contributed by atoms with Crippen LogP contribution in [0.3, 0.4) is 0 Å². The fourth-order valence-corrected chi connectivity index (χ4v) is 2.93. The molecule has 0 unspecified atom stereocenters. The van der Waals surface area contributed by atoms with E-state index in [2.05, 4.69) is 31.3 Å². The van der Waals surface area contributed by atoms with E-state index in [9.17, 15) is 0 Å². The zero-order chi connectivity index (χ0) is 18.6. The summed E-state index contributed by atoms with van der Waals surface area (Å²) < 4.78 is 5.49. The van der Waals surface area contributed by atoms with Crippen LogP contribution in [0.4, 0.5) is 5.82 Å². The molecule has 2 aromatic heterocycles. The third kappa shape index (κ3) is 3.55. The lowest BCUT2D eigenvalue weighted by Crippen LogP contribution is -2.05. The topological polar surface area (TPSA) is 72.8 Å². The molecule has 27 heavy (non-hydrogen) atoms. The third-order valence-corrected chi connectivity index (χ3v) is 4.32. The van der Waals surface area contributed by atoms with Gasteiger partial charge in [-0.1, -0.05) is 24.3 Å². The average Bonchev–Trinajstić information content (AvgIpc) is 2.73. The lowest BCUT2D eigenvalue weighted by atomic mass is 10.0. The van der Waals surface area contributed by atoms with E-state index in [1.807, 2.05) is 43.3 Å². The van der Waals surface area contributed by atoms with Crippen LogP contribution in [0, 0.1) is 6.92 Å². The second-order valence-corrected chi connectivity index (χ2v) is 6.16. The van der Waals surface area contributed by atoms with Gasteiger partial charge in [0, 0.05) is 17.1 Å². The Bertz CT molecular complexity index is 1080. The van der Waals surface area contributed by atoms with E-state index in [0.29, 0.717) is 6.54 Å². The van der Waals surface area contributed by atoms with Gasteiger partial charge in [-0.2, -0.15) is 0 Å². The van der Waals surface area contributed by atoms with Gasteiger partial charge < -0.3 is 10.1 Å². The molecule has 0 amide bonds. The molecule has 0 aliphatic carbocycles. The Hall–Kier alpha value is -3.54. The summed E-state index contributed by atoms with van der Waals surface area (Å²) in [4.78, 5) is 17.4. The first kappa shape index (κ1) is 16.9. The molecule has 0 spiro atoms. The molecular weight excluding hydrogens is 338 g/mol. The number of nitrogens with zero attached hydrogens (tertiary/aromatic N) is 4. The number of hydrogen-bond acceptors (Lipinski definition) is 6. The number of hydrogen-bond donors (Lipinski definition) is 1. The lowest BCUT2D eigenvalue weighted by molar-refractivity contribution is 0.416. The average molecular weight is 357 g/mol. The van der Waals surface area contributed by atoms with E-state index < -0.39 is 0 Å². The Labute approximate surface area is 157 Å². The first-order valence-electron chi connectivity index (χ1n) is 8.64. The van der Waals surface area contributed by atoms with Crippen molar-refractivity contribution in [2.45, 2.75) is 13.5 Å². The quantitative estimate of drug-likeness (QED) is 0.582. The molecule has 4 rings (SSSR count). The van der Waals surface area contributed by atoms with E-state index in [0.717, 1.165) is 45.0 Å². The van der Waals surface area contributed by atoms with Crippen LogP contribution in [0.15, 0.2) is 61.2 Å². The SMILES string of the molecule is COc1ccccc1-c1ccc2ncnc(NCc3cnc(C)cn3)c2c1. The number of anilines is 1. The molecule has 0 saturated carbocycles. The number of aromatic nitrogens is 4. The summed E-state index contributed by atoms with van der Waals surface area (Å²) in [6.07, 6.45) is 5.09. The summed E-state index contributed by atoms with van der Waals surface area (Å²) in [7, 11) is 1.68. The molecule has 0 saturated heterocycles. The normalized spacial score (nSPS) is 10.7. The molecule has 4 aromatic rings. The van der Waals surface area contributed by atoms with Crippen LogP contribution in [0.25, 0.3) is 22.0 Å². The van der Waals surface area contributed by atoms with Crippen molar-refractivity contribution in [3.05, 3.63) is 72.6 Å². The van der Waals surface area contributed by atoms with Gasteiger partial charge in [0.2, 0.25) is 0 Å². The van der Waals surface area contributed by atoms with Gasteiger partial charge in [-0.15, -0.1) is 0 Å². The van der Waals surface area contributed by atoms with Crippen molar-refractivity contribution in [1.29, 1.82) is 0 Å². The van der Waals surface area contributed by atoms with Crippen LogP contribution < -0.4 is 10.1 Å². The fourth-order valence-electron chi connectivity index (χ4n) is 2.93. The molecule has 2 aromatic carbocycles. The van der Waals surface area contributed by atoms with Gasteiger partial charge in [-0.05, 0) is 30.7 Å². The minimum Gasteiger partial charge on any atom is -0.496 e. The Morgan fingerprint density at radius 1 is 0.963 bits per heavy atom. The smallest absolute Gasteiger partial charge is 0.137 e. The molecule has 0 aliphatic heterocycles. The summed E-state index contributed by atoms with van der Waals surface area (Å²) in [6, 6.07) is 14.1. The minimum atomic E-state index is 0.540. The molecule has 1 N–H and O–H groups in total. The molecule has 0 bridgehead atoms. The van der Waals surface area contributed by atoms with Crippen molar-refractivity contribution in [2.75, 3.05) is 12.4 Å². The van der Waals surface area contributed by atoms with Crippen molar-refractivity contribution in [3.63, 3.8) is 0 Å².